The summed E-state index contributed by atoms with van der Waals surface area (Å²) in [5.74, 6) is 1.75. The van der Waals surface area contributed by atoms with Gasteiger partial charge >= 0.3 is 0 Å². The number of furan rings is 1. The Morgan fingerprint density at radius 2 is 2.19 bits per heavy atom. The predicted octanol–water partition coefficient (Wildman–Crippen LogP) is 2.88. The highest BCUT2D eigenvalue weighted by Crippen LogP contribution is 2.15. The van der Waals surface area contributed by atoms with Crippen LogP contribution in [0, 0.1) is 13.8 Å². The molecular weight excluding hydrogens is 399 g/mol. The second kappa shape index (κ2) is 9.04. The van der Waals surface area contributed by atoms with Crippen LogP contribution in [0.2, 0.25) is 0 Å². The SMILES string of the molecule is CN=C(NCCc1ccco1)NCc1nc(C)c(C)s1.I. The third kappa shape index (κ3) is 5.66. The Labute approximate surface area is 146 Å². The molecule has 0 saturated carbocycles. The molecule has 2 aromatic rings. The minimum atomic E-state index is 0. The predicted molar refractivity (Wildman–Crippen MR) is 97.6 cm³/mol. The number of rotatable bonds is 5. The molecule has 0 bridgehead atoms. The van der Waals surface area contributed by atoms with E-state index in [-0.39, 0.29) is 24.0 Å². The van der Waals surface area contributed by atoms with Gasteiger partial charge in [0.05, 0.1) is 18.5 Å². The van der Waals surface area contributed by atoms with E-state index in [9.17, 15) is 0 Å². The van der Waals surface area contributed by atoms with Gasteiger partial charge in [0.1, 0.15) is 10.8 Å². The van der Waals surface area contributed by atoms with Gasteiger partial charge in [-0.3, -0.25) is 4.99 Å². The van der Waals surface area contributed by atoms with Gasteiger partial charge in [-0.05, 0) is 26.0 Å². The number of nitrogens with one attached hydrogen (secondary N) is 2. The summed E-state index contributed by atoms with van der Waals surface area (Å²) in [7, 11) is 1.76. The minimum absolute atomic E-state index is 0. The first-order valence-corrected chi connectivity index (χ1v) is 7.40. The first kappa shape index (κ1) is 18.0. The molecule has 0 atom stereocenters. The van der Waals surface area contributed by atoms with Crippen LogP contribution in [0.5, 0.6) is 0 Å². The van der Waals surface area contributed by atoms with E-state index >= 15 is 0 Å². The van der Waals surface area contributed by atoms with Crippen LogP contribution in [-0.4, -0.2) is 24.5 Å². The number of hydrogen-bond acceptors (Lipinski definition) is 4. The zero-order chi connectivity index (χ0) is 14.4. The van der Waals surface area contributed by atoms with Crippen molar-refractivity contribution in [3.05, 3.63) is 39.7 Å². The lowest BCUT2D eigenvalue weighted by atomic mass is 10.3. The third-order valence-electron chi connectivity index (χ3n) is 2.95. The Morgan fingerprint density at radius 3 is 2.76 bits per heavy atom. The van der Waals surface area contributed by atoms with Crippen molar-refractivity contribution in [2.45, 2.75) is 26.8 Å². The van der Waals surface area contributed by atoms with Crippen molar-refractivity contribution in [2.75, 3.05) is 13.6 Å². The first-order valence-electron chi connectivity index (χ1n) is 6.59. The Bertz CT molecular complexity index is 546. The highest BCUT2D eigenvalue weighted by atomic mass is 127. The van der Waals surface area contributed by atoms with E-state index in [1.54, 1.807) is 24.6 Å². The molecule has 2 N–H and O–H groups in total. The summed E-state index contributed by atoms with van der Waals surface area (Å²) in [6, 6.07) is 3.87. The molecule has 0 radical (unpaired) electrons. The van der Waals surface area contributed by atoms with E-state index in [1.807, 2.05) is 19.1 Å². The Kier molecular flexibility index (Phi) is 7.73. The summed E-state index contributed by atoms with van der Waals surface area (Å²) in [6.07, 6.45) is 2.53. The van der Waals surface area contributed by atoms with Crippen LogP contribution < -0.4 is 10.6 Å². The molecule has 116 valence electrons. The normalized spacial score (nSPS) is 11.1. The molecule has 0 amide bonds. The van der Waals surface area contributed by atoms with Gasteiger partial charge in [-0.2, -0.15) is 0 Å². The van der Waals surface area contributed by atoms with Crippen molar-refractivity contribution < 1.29 is 4.42 Å². The van der Waals surface area contributed by atoms with E-state index in [1.165, 1.54) is 4.88 Å². The summed E-state index contributed by atoms with van der Waals surface area (Å²) < 4.78 is 5.29. The third-order valence-corrected chi connectivity index (χ3v) is 4.02. The largest absolute Gasteiger partial charge is 0.469 e. The Balaban J connectivity index is 0.00000220. The fraction of sp³-hybridized carbons (Fsp3) is 0.429. The molecule has 0 aliphatic heterocycles. The summed E-state index contributed by atoms with van der Waals surface area (Å²) in [5.41, 5.74) is 1.10. The Morgan fingerprint density at radius 1 is 1.38 bits per heavy atom. The molecular formula is C14H21IN4OS. The van der Waals surface area contributed by atoms with Crippen LogP contribution in [0.4, 0.5) is 0 Å². The van der Waals surface area contributed by atoms with Gasteiger partial charge in [-0.15, -0.1) is 35.3 Å². The molecule has 7 heteroatoms. The fourth-order valence-electron chi connectivity index (χ4n) is 1.75. The van der Waals surface area contributed by atoms with Crippen LogP contribution >= 0.6 is 35.3 Å². The fourth-order valence-corrected chi connectivity index (χ4v) is 2.63. The van der Waals surface area contributed by atoms with E-state index in [0.717, 1.165) is 35.4 Å². The van der Waals surface area contributed by atoms with Gasteiger partial charge in [0.15, 0.2) is 5.96 Å². The molecule has 0 unspecified atom stereocenters. The zero-order valence-corrected chi connectivity index (χ0v) is 15.6. The number of guanidine groups is 1. The minimum Gasteiger partial charge on any atom is -0.469 e. The van der Waals surface area contributed by atoms with Crippen LogP contribution in [0.15, 0.2) is 27.8 Å². The first-order chi connectivity index (χ1) is 9.69. The highest BCUT2D eigenvalue weighted by Gasteiger charge is 2.04. The smallest absolute Gasteiger partial charge is 0.191 e. The monoisotopic (exact) mass is 420 g/mol. The molecule has 5 nitrogen and oxygen atoms in total. The molecule has 0 aromatic carbocycles. The maximum atomic E-state index is 5.29. The number of thiazole rings is 1. The number of hydrogen-bond donors (Lipinski definition) is 2. The molecule has 0 saturated heterocycles. The second-order valence-electron chi connectivity index (χ2n) is 4.43. The summed E-state index contributed by atoms with van der Waals surface area (Å²) >= 11 is 1.72. The topological polar surface area (TPSA) is 62.5 Å². The van der Waals surface area contributed by atoms with Gasteiger partial charge in [0.25, 0.3) is 0 Å². The van der Waals surface area contributed by atoms with Crippen molar-refractivity contribution in [1.29, 1.82) is 0 Å². The Hall–Kier alpha value is -1.09. The van der Waals surface area contributed by atoms with Crippen molar-refractivity contribution in [1.82, 2.24) is 15.6 Å². The van der Waals surface area contributed by atoms with Crippen LogP contribution in [0.1, 0.15) is 21.3 Å². The standard InChI is InChI=1S/C14H20N4OS.HI/c1-10-11(2)20-13(18-10)9-17-14(15-3)16-7-6-12-5-4-8-19-12;/h4-5,8H,6-7,9H2,1-3H3,(H2,15,16,17);1H. The average Bonchev–Trinajstić information content (AvgIpc) is 3.05. The molecule has 2 rings (SSSR count). The van der Waals surface area contributed by atoms with E-state index < -0.39 is 0 Å². The molecule has 2 heterocycles. The van der Waals surface area contributed by atoms with Gasteiger partial charge in [0, 0.05) is 24.9 Å². The van der Waals surface area contributed by atoms with Gasteiger partial charge in [-0.25, -0.2) is 4.98 Å². The lowest BCUT2D eigenvalue weighted by molar-refractivity contribution is 0.507. The van der Waals surface area contributed by atoms with Gasteiger partial charge < -0.3 is 15.1 Å². The van der Waals surface area contributed by atoms with Crippen LogP contribution in [0.25, 0.3) is 0 Å². The van der Waals surface area contributed by atoms with Crippen LogP contribution in [0.3, 0.4) is 0 Å². The molecule has 2 aromatic heterocycles. The summed E-state index contributed by atoms with van der Waals surface area (Å²) in [4.78, 5) is 9.95. The summed E-state index contributed by atoms with van der Waals surface area (Å²) in [6.45, 7) is 5.60. The number of aromatic nitrogens is 1. The maximum absolute atomic E-state index is 5.29. The van der Waals surface area contributed by atoms with Gasteiger partial charge in [0.2, 0.25) is 0 Å². The second-order valence-corrected chi connectivity index (χ2v) is 5.72. The highest BCUT2D eigenvalue weighted by molar-refractivity contribution is 14.0. The maximum Gasteiger partial charge on any atom is 0.191 e. The van der Waals surface area contributed by atoms with Crippen molar-refractivity contribution in [3.63, 3.8) is 0 Å². The quantitative estimate of drug-likeness (QED) is 0.444. The van der Waals surface area contributed by atoms with Crippen molar-refractivity contribution in [3.8, 4) is 0 Å². The number of nitrogens with zero attached hydrogens (tertiary/aromatic N) is 2. The number of halogens is 1. The summed E-state index contributed by atoms with van der Waals surface area (Å²) in [5, 5.41) is 7.60. The molecule has 0 spiro atoms. The molecule has 0 fully saturated rings. The van der Waals surface area contributed by atoms with Crippen LogP contribution in [-0.2, 0) is 13.0 Å². The van der Waals surface area contributed by atoms with E-state index in [4.69, 9.17) is 4.42 Å². The molecule has 21 heavy (non-hydrogen) atoms. The van der Waals surface area contributed by atoms with Gasteiger partial charge in [-0.1, -0.05) is 0 Å². The van der Waals surface area contributed by atoms with E-state index in [2.05, 4.69) is 27.5 Å². The number of aliphatic imine (C=N–C) groups is 1. The molecule has 0 aliphatic carbocycles. The van der Waals surface area contributed by atoms with Crippen molar-refractivity contribution in [2.24, 2.45) is 4.99 Å². The average molecular weight is 420 g/mol. The van der Waals surface area contributed by atoms with E-state index in [0.29, 0.717) is 6.54 Å². The zero-order valence-electron chi connectivity index (χ0n) is 12.5. The lowest BCUT2D eigenvalue weighted by Gasteiger charge is -2.10. The molecule has 0 aliphatic rings. The lowest BCUT2D eigenvalue weighted by Crippen LogP contribution is -2.37. The number of aryl methyl sites for hydroxylation is 2. The van der Waals surface area contributed by atoms with Crippen molar-refractivity contribution >= 4 is 41.3 Å².